The van der Waals surface area contributed by atoms with E-state index in [1.807, 2.05) is 49.4 Å². The van der Waals surface area contributed by atoms with E-state index in [2.05, 4.69) is 25.9 Å². The van der Waals surface area contributed by atoms with Gasteiger partial charge in [0.25, 0.3) is 0 Å². The van der Waals surface area contributed by atoms with Crippen LogP contribution >= 0.6 is 15.9 Å². The Labute approximate surface area is 126 Å². The molecule has 0 bridgehead atoms. The molecule has 0 unspecified atom stereocenters. The van der Waals surface area contributed by atoms with E-state index in [1.165, 1.54) is 0 Å². The number of pyridine rings is 1. The highest BCUT2D eigenvalue weighted by molar-refractivity contribution is 9.10. The van der Waals surface area contributed by atoms with Crippen molar-refractivity contribution in [2.75, 3.05) is 0 Å². The largest absolute Gasteiger partial charge is 0.453 e. The summed E-state index contributed by atoms with van der Waals surface area (Å²) in [5.41, 5.74) is 5.77. The number of benzene rings is 1. The molecule has 2 rings (SSSR count). The highest BCUT2D eigenvalue weighted by atomic mass is 79.9. The van der Waals surface area contributed by atoms with Crippen LogP contribution in [0.2, 0.25) is 0 Å². The van der Waals surface area contributed by atoms with E-state index >= 15 is 0 Å². The molecule has 1 aromatic heterocycles. The molecule has 0 fully saturated rings. The number of aromatic nitrogens is 1. The molecule has 0 saturated heterocycles. The van der Waals surface area contributed by atoms with Gasteiger partial charge in [-0.2, -0.15) is 0 Å². The number of aliphatic imine (C=N–C) groups is 1. The van der Waals surface area contributed by atoms with E-state index in [1.54, 1.807) is 12.3 Å². The minimum atomic E-state index is 0.375. The lowest BCUT2D eigenvalue weighted by Crippen LogP contribution is -2.06. The molecular formula is C15H14BrN3O. The fraction of sp³-hybridized carbons (Fsp3) is 0.0667. The summed E-state index contributed by atoms with van der Waals surface area (Å²) in [6.45, 7) is 1.87. The summed E-state index contributed by atoms with van der Waals surface area (Å²) in [6.07, 6.45) is 5.17. The van der Waals surface area contributed by atoms with Crippen molar-refractivity contribution >= 4 is 27.6 Å². The molecule has 2 N–H and O–H groups in total. The highest BCUT2D eigenvalue weighted by Crippen LogP contribution is 2.32. The number of amidine groups is 1. The molecule has 0 saturated carbocycles. The number of rotatable bonds is 4. The first-order valence-corrected chi connectivity index (χ1v) is 6.83. The van der Waals surface area contributed by atoms with E-state index < -0.39 is 0 Å². The lowest BCUT2D eigenvalue weighted by atomic mass is 10.3. The van der Waals surface area contributed by atoms with E-state index in [-0.39, 0.29) is 0 Å². The van der Waals surface area contributed by atoms with Crippen LogP contribution in [0.5, 0.6) is 11.5 Å². The lowest BCUT2D eigenvalue weighted by Gasteiger charge is -2.08. The Morgan fingerprint density at radius 1 is 1.35 bits per heavy atom. The normalized spacial score (nSPS) is 11.8. The standard InChI is InChI=1S/C15H14BrN3O/c1-2-6-14(17)19-15-13(9-11(16)10-18-15)20-12-7-4-3-5-8-12/h2-10H,1H3,(H2,17,18,19)/b6-2+. The molecule has 0 atom stereocenters. The molecule has 20 heavy (non-hydrogen) atoms. The van der Waals surface area contributed by atoms with Gasteiger partial charge in [-0.15, -0.1) is 0 Å². The molecule has 4 nitrogen and oxygen atoms in total. The molecule has 2 aromatic rings. The van der Waals surface area contributed by atoms with Crippen LogP contribution in [0.3, 0.4) is 0 Å². The zero-order valence-corrected chi connectivity index (χ0v) is 12.5. The Hall–Kier alpha value is -2.14. The van der Waals surface area contributed by atoms with Gasteiger partial charge < -0.3 is 10.5 Å². The van der Waals surface area contributed by atoms with E-state index in [4.69, 9.17) is 10.5 Å². The maximum atomic E-state index is 5.79. The van der Waals surface area contributed by atoms with Crippen molar-refractivity contribution < 1.29 is 4.74 Å². The van der Waals surface area contributed by atoms with Gasteiger partial charge in [0.05, 0.1) is 0 Å². The van der Waals surface area contributed by atoms with Gasteiger partial charge >= 0.3 is 0 Å². The summed E-state index contributed by atoms with van der Waals surface area (Å²) in [5.74, 6) is 2.07. The molecule has 1 heterocycles. The number of hydrogen-bond donors (Lipinski definition) is 1. The average molecular weight is 332 g/mol. The number of hydrogen-bond acceptors (Lipinski definition) is 3. The van der Waals surface area contributed by atoms with Crippen LogP contribution in [-0.4, -0.2) is 10.8 Å². The second-order valence-electron chi connectivity index (χ2n) is 3.93. The fourth-order valence-electron chi connectivity index (χ4n) is 1.52. The molecule has 0 aliphatic rings. The third-order valence-corrected chi connectivity index (χ3v) is 2.78. The zero-order chi connectivity index (χ0) is 14.4. The van der Waals surface area contributed by atoms with Gasteiger partial charge in [0.2, 0.25) is 0 Å². The number of ether oxygens (including phenoxy) is 1. The molecule has 0 spiro atoms. The second-order valence-corrected chi connectivity index (χ2v) is 4.84. The minimum Gasteiger partial charge on any atom is -0.453 e. The molecular weight excluding hydrogens is 318 g/mol. The molecule has 0 radical (unpaired) electrons. The van der Waals surface area contributed by atoms with Crippen LogP contribution in [0.25, 0.3) is 0 Å². The maximum absolute atomic E-state index is 5.79. The van der Waals surface area contributed by atoms with Crippen molar-refractivity contribution in [1.29, 1.82) is 0 Å². The number of para-hydroxylation sites is 1. The van der Waals surface area contributed by atoms with Crippen LogP contribution in [-0.2, 0) is 0 Å². The van der Waals surface area contributed by atoms with E-state index in [0.29, 0.717) is 23.2 Å². The summed E-state index contributed by atoms with van der Waals surface area (Å²) < 4.78 is 6.60. The van der Waals surface area contributed by atoms with Gasteiger partial charge in [-0.1, -0.05) is 24.3 Å². The fourth-order valence-corrected chi connectivity index (χ4v) is 1.83. The van der Waals surface area contributed by atoms with Gasteiger partial charge in [-0.25, -0.2) is 9.98 Å². The Balaban J connectivity index is 2.36. The predicted molar refractivity (Wildman–Crippen MR) is 84.5 cm³/mol. The van der Waals surface area contributed by atoms with E-state index in [9.17, 15) is 0 Å². The molecule has 1 aromatic carbocycles. The smallest absolute Gasteiger partial charge is 0.197 e. The Bertz CT molecular complexity index is 639. The van der Waals surface area contributed by atoms with Gasteiger partial charge in [-0.3, -0.25) is 0 Å². The average Bonchev–Trinajstić information content (AvgIpc) is 2.43. The Morgan fingerprint density at radius 3 is 2.80 bits per heavy atom. The summed E-state index contributed by atoms with van der Waals surface area (Å²) >= 11 is 3.37. The van der Waals surface area contributed by atoms with Crippen LogP contribution in [0, 0.1) is 0 Å². The molecule has 0 aliphatic heterocycles. The molecule has 0 amide bonds. The van der Waals surface area contributed by atoms with Gasteiger partial charge in [0, 0.05) is 16.7 Å². The van der Waals surface area contributed by atoms with Crippen LogP contribution < -0.4 is 10.5 Å². The Kier molecular flexibility index (Phi) is 4.90. The van der Waals surface area contributed by atoms with Crippen molar-refractivity contribution in [3.63, 3.8) is 0 Å². The van der Waals surface area contributed by atoms with Crippen molar-refractivity contribution in [3.8, 4) is 11.5 Å². The first kappa shape index (κ1) is 14.3. The first-order valence-electron chi connectivity index (χ1n) is 6.04. The molecule has 0 aliphatic carbocycles. The first-order chi connectivity index (χ1) is 9.69. The zero-order valence-electron chi connectivity index (χ0n) is 11.0. The minimum absolute atomic E-state index is 0.375. The van der Waals surface area contributed by atoms with Gasteiger partial charge in [0.15, 0.2) is 11.6 Å². The van der Waals surface area contributed by atoms with Crippen LogP contribution in [0.15, 0.2) is 64.2 Å². The van der Waals surface area contributed by atoms with Gasteiger partial charge in [-0.05, 0) is 41.1 Å². The number of halogens is 1. The van der Waals surface area contributed by atoms with Crippen molar-refractivity contribution in [2.24, 2.45) is 10.7 Å². The van der Waals surface area contributed by atoms with Crippen LogP contribution in [0.1, 0.15) is 6.92 Å². The van der Waals surface area contributed by atoms with E-state index in [0.717, 1.165) is 4.47 Å². The topological polar surface area (TPSA) is 60.5 Å². The maximum Gasteiger partial charge on any atom is 0.197 e. The van der Waals surface area contributed by atoms with Crippen molar-refractivity contribution in [3.05, 3.63) is 59.2 Å². The van der Waals surface area contributed by atoms with Gasteiger partial charge in [0.1, 0.15) is 11.6 Å². The Morgan fingerprint density at radius 2 is 2.10 bits per heavy atom. The summed E-state index contributed by atoms with van der Waals surface area (Å²) in [6, 6.07) is 11.3. The summed E-state index contributed by atoms with van der Waals surface area (Å²) in [4.78, 5) is 8.46. The van der Waals surface area contributed by atoms with Crippen LogP contribution in [0.4, 0.5) is 5.82 Å². The highest BCUT2D eigenvalue weighted by Gasteiger charge is 2.07. The lowest BCUT2D eigenvalue weighted by molar-refractivity contribution is 0.481. The summed E-state index contributed by atoms with van der Waals surface area (Å²) in [5, 5.41) is 0. The molecule has 102 valence electrons. The second kappa shape index (κ2) is 6.86. The quantitative estimate of drug-likeness (QED) is 0.674. The monoisotopic (exact) mass is 331 g/mol. The van der Waals surface area contributed by atoms with Crippen molar-refractivity contribution in [1.82, 2.24) is 4.98 Å². The summed E-state index contributed by atoms with van der Waals surface area (Å²) in [7, 11) is 0. The third-order valence-electron chi connectivity index (χ3n) is 2.34. The third kappa shape index (κ3) is 3.93. The SMILES string of the molecule is C/C=C/C(N)=N\c1ncc(Br)cc1Oc1ccccc1. The number of nitrogens with zero attached hydrogens (tertiary/aromatic N) is 2. The predicted octanol–water partition coefficient (Wildman–Crippen LogP) is 4.20. The molecule has 5 heteroatoms. The number of allylic oxidation sites excluding steroid dienone is 1. The number of nitrogens with two attached hydrogens (primary N) is 1. The van der Waals surface area contributed by atoms with Crippen molar-refractivity contribution in [2.45, 2.75) is 6.92 Å².